The maximum Gasteiger partial charge on any atom is 0.321 e. The maximum absolute atomic E-state index is 11.2. The first-order chi connectivity index (χ1) is 7.72. The van der Waals surface area contributed by atoms with Gasteiger partial charge in [-0.3, -0.25) is 15.1 Å². The van der Waals surface area contributed by atoms with Crippen LogP contribution in [0.5, 0.6) is 0 Å². The number of nitrogens with zero attached hydrogens (tertiary/aromatic N) is 1. The average Bonchev–Trinajstić information content (AvgIpc) is 2.28. The van der Waals surface area contributed by atoms with Gasteiger partial charge in [-0.05, 0) is 18.1 Å². The highest BCUT2D eigenvalue weighted by Crippen LogP contribution is 1.94. The molecule has 0 spiro atoms. The van der Waals surface area contributed by atoms with Gasteiger partial charge in [-0.15, -0.1) is 0 Å². The van der Waals surface area contributed by atoms with E-state index in [0.29, 0.717) is 13.0 Å². The summed E-state index contributed by atoms with van der Waals surface area (Å²) in [5.41, 5.74) is 0.889. The number of nitrogens with one attached hydrogen (secondary N) is 2. The van der Waals surface area contributed by atoms with Crippen LogP contribution in [0, 0.1) is 0 Å². The molecule has 0 saturated carbocycles. The third-order valence-electron chi connectivity index (χ3n) is 1.91. The molecule has 0 aliphatic carbocycles. The van der Waals surface area contributed by atoms with Crippen molar-refractivity contribution in [2.45, 2.75) is 26.3 Å². The molecule has 0 fully saturated rings. The van der Waals surface area contributed by atoms with E-state index in [-0.39, 0.29) is 5.91 Å². The second-order valence-electron chi connectivity index (χ2n) is 3.34. The van der Waals surface area contributed by atoms with E-state index >= 15 is 0 Å². The van der Waals surface area contributed by atoms with Crippen molar-refractivity contribution in [3.8, 4) is 0 Å². The van der Waals surface area contributed by atoms with E-state index in [1.807, 2.05) is 13.0 Å². The predicted octanol–water partition coefficient (Wildman–Crippen LogP) is 1.21. The molecule has 0 aliphatic heterocycles. The Morgan fingerprint density at radius 1 is 1.44 bits per heavy atom. The third kappa shape index (κ3) is 4.54. The Morgan fingerprint density at radius 3 is 2.88 bits per heavy atom. The van der Waals surface area contributed by atoms with Crippen molar-refractivity contribution < 1.29 is 9.59 Å². The Morgan fingerprint density at radius 2 is 2.25 bits per heavy atom. The third-order valence-corrected chi connectivity index (χ3v) is 1.91. The maximum atomic E-state index is 11.2. The molecule has 5 heteroatoms. The monoisotopic (exact) mass is 221 g/mol. The predicted molar refractivity (Wildman–Crippen MR) is 59.5 cm³/mol. The van der Waals surface area contributed by atoms with Gasteiger partial charge >= 0.3 is 6.03 Å². The van der Waals surface area contributed by atoms with Crippen LogP contribution in [0.2, 0.25) is 0 Å². The number of aromatic nitrogens is 1. The Labute approximate surface area is 94.3 Å². The SMILES string of the molecule is CCCC(=O)NC(=O)NCc1cccnc1. The molecular formula is C11H15N3O2. The van der Waals surface area contributed by atoms with Crippen LogP contribution in [0.4, 0.5) is 4.79 Å². The van der Waals surface area contributed by atoms with Crippen molar-refractivity contribution in [3.05, 3.63) is 30.1 Å². The summed E-state index contributed by atoms with van der Waals surface area (Å²) >= 11 is 0. The molecule has 0 atom stereocenters. The second-order valence-corrected chi connectivity index (χ2v) is 3.34. The zero-order valence-electron chi connectivity index (χ0n) is 9.19. The average molecular weight is 221 g/mol. The lowest BCUT2D eigenvalue weighted by atomic mass is 10.3. The van der Waals surface area contributed by atoms with Gasteiger partial charge in [-0.2, -0.15) is 0 Å². The van der Waals surface area contributed by atoms with Crippen LogP contribution < -0.4 is 10.6 Å². The van der Waals surface area contributed by atoms with E-state index in [0.717, 1.165) is 12.0 Å². The van der Waals surface area contributed by atoms with Gasteiger partial charge in [-0.1, -0.05) is 13.0 Å². The molecule has 0 saturated heterocycles. The smallest absolute Gasteiger partial charge is 0.321 e. The van der Waals surface area contributed by atoms with Gasteiger partial charge in [-0.25, -0.2) is 4.79 Å². The molecule has 3 amide bonds. The summed E-state index contributed by atoms with van der Waals surface area (Å²) in [4.78, 5) is 26.2. The molecule has 0 radical (unpaired) electrons. The molecule has 0 bridgehead atoms. The highest BCUT2D eigenvalue weighted by molar-refractivity contribution is 5.94. The number of urea groups is 1. The van der Waals surface area contributed by atoms with Crippen LogP contribution in [0.1, 0.15) is 25.3 Å². The van der Waals surface area contributed by atoms with Crippen molar-refractivity contribution in [1.82, 2.24) is 15.6 Å². The van der Waals surface area contributed by atoms with Crippen molar-refractivity contribution in [1.29, 1.82) is 0 Å². The van der Waals surface area contributed by atoms with Crippen LogP contribution in [0.25, 0.3) is 0 Å². The Bertz CT molecular complexity index is 352. The lowest BCUT2D eigenvalue weighted by Crippen LogP contribution is -2.38. The van der Waals surface area contributed by atoms with Gasteiger partial charge in [0.2, 0.25) is 5.91 Å². The Hall–Kier alpha value is -1.91. The van der Waals surface area contributed by atoms with E-state index in [1.54, 1.807) is 18.5 Å². The number of pyridine rings is 1. The lowest BCUT2D eigenvalue weighted by Gasteiger charge is -2.05. The number of amides is 3. The summed E-state index contributed by atoms with van der Waals surface area (Å²) in [5.74, 6) is -0.258. The number of hydrogen-bond acceptors (Lipinski definition) is 3. The summed E-state index contributed by atoms with van der Waals surface area (Å²) in [7, 11) is 0. The molecule has 16 heavy (non-hydrogen) atoms. The first kappa shape index (κ1) is 12.2. The molecule has 1 aromatic rings. The Kier molecular flexibility index (Phi) is 4.98. The van der Waals surface area contributed by atoms with Crippen molar-refractivity contribution in [2.24, 2.45) is 0 Å². The summed E-state index contributed by atoms with van der Waals surface area (Å²) in [6.45, 7) is 2.24. The molecule has 5 nitrogen and oxygen atoms in total. The normalized spacial score (nSPS) is 9.56. The number of carbonyl (C=O) groups excluding carboxylic acids is 2. The first-order valence-corrected chi connectivity index (χ1v) is 5.19. The van der Waals surface area contributed by atoms with Crippen LogP contribution in [-0.2, 0) is 11.3 Å². The van der Waals surface area contributed by atoms with E-state index in [4.69, 9.17) is 0 Å². The fraction of sp³-hybridized carbons (Fsp3) is 0.364. The van der Waals surface area contributed by atoms with Crippen molar-refractivity contribution >= 4 is 11.9 Å². The highest BCUT2D eigenvalue weighted by Gasteiger charge is 2.05. The second kappa shape index (κ2) is 6.55. The van der Waals surface area contributed by atoms with Gasteiger partial charge in [0.15, 0.2) is 0 Å². The summed E-state index contributed by atoms with van der Waals surface area (Å²) in [5, 5.41) is 4.82. The minimum Gasteiger partial charge on any atom is -0.334 e. The molecule has 1 aromatic heterocycles. The number of carbonyl (C=O) groups is 2. The Balaban J connectivity index is 2.28. The van der Waals surface area contributed by atoms with Gasteiger partial charge in [0.25, 0.3) is 0 Å². The molecule has 1 rings (SSSR count). The zero-order valence-corrected chi connectivity index (χ0v) is 9.19. The molecule has 1 heterocycles. The van der Waals surface area contributed by atoms with E-state index in [2.05, 4.69) is 15.6 Å². The van der Waals surface area contributed by atoms with E-state index in [9.17, 15) is 9.59 Å². The molecule has 0 aliphatic rings. The molecule has 2 N–H and O–H groups in total. The fourth-order valence-electron chi connectivity index (χ4n) is 1.15. The lowest BCUT2D eigenvalue weighted by molar-refractivity contribution is -0.120. The molecule has 86 valence electrons. The van der Waals surface area contributed by atoms with Crippen molar-refractivity contribution in [2.75, 3.05) is 0 Å². The van der Waals surface area contributed by atoms with Crippen LogP contribution in [0.3, 0.4) is 0 Å². The van der Waals surface area contributed by atoms with E-state index < -0.39 is 6.03 Å². The van der Waals surface area contributed by atoms with Crippen LogP contribution in [0.15, 0.2) is 24.5 Å². The minimum atomic E-state index is -0.470. The first-order valence-electron chi connectivity index (χ1n) is 5.19. The zero-order chi connectivity index (χ0) is 11.8. The van der Waals surface area contributed by atoms with Gasteiger partial charge in [0.1, 0.15) is 0 Å². The van der Waals surface area contributed by atoms with Crippen LogP contribution in [-0.4, -0.2) is 16.9 Å². The van der Waals surface area contributed by atoms with Gasteiger partial charge in [0, 0.05) is 25.4 Å². The molecule has 0 aromatic carbocycles. The number of rotatable bonds is 4. The minimum absolute atomic E-state index is 0.258. The number of imide groups is 1. The van der Waals surface area contributed by atoms with Crippen molar-refractivity contribution in [3.63, 3.8) is 0 Å². The standard InChI is InChI=1S/C11H15N3O2/c1-2-4-10(15)14-11(16)13-8-9-5-3-6-12-7-9/h3,5-7H,2,4,8H2,1H3,(H2,13,14,15,16). The van der Waals surface area contributed by atoms with Gasteiger partial charge < -0.3 is 5.32 Å². The number of hydrogen-bond donors (Lipinski definition) is 2. The fourth-order valence-corrected chi connectivity index (χ4v) is 1.15. The van der Waals surface area contributed by atoms with Gasteiger partial charge in [0.05, 0.1) is 0 Å². The summed E-state index contributed by atoms with van der Waals surface area (Å²) in [6, 6.07) is 3.17. The topological polar surface area (TPSA) is 71.1 Å². The van der Waals surface area contributed by atoms with Crippen LogP contribution >= 0.6 is 0 Å². The molecular weight excluding hydrogens is 206 g/mol. The van der Waals surface area contributed by atoms with E-state index in [1.165, 1.54) is 0 Å². The highest BCUT2D eigenvalue weighted by atomic mass is 16.2. The summed E-state index contributed by atoms with van der Waals surface area (Å²) in [6.07, 6.45) is 4.41. The largest absolute Gasteiger partial charge is 0.334 e. The summed E-state index contributed by atoms with van der Waals surface area (Å²) < 4.78 is 0. The quantitative estimate of drug-likeness (QED) is 0.802. The molecule has 0 unspecified atom stereocenters.